The van der Waals surface area contributed by atoms with Gasteiger partial charge < -0.3 is 15.4 Å². The van der Waals surface area contributed by atoms with Gasteiger partial charge in [0.2, 0.25) is 17.7 Å². The lowest BCUT2D eigenvalue weighted by Gasteiger charge is -2.31. The number of benzene rings is 3. The molecule has 59 heavy (non-hydrogen) atoms. The van der Waals surface area contributed by atoms with Gasteiger partial charge in [-0.3, -0.25) is 43.9 Å². The fraction of sp³-hybridized carbons (Fsp3) is 0.349. The van der Waals surface area contributed by atoms with Crippen molar-refractivity contribution in [2.45, 2.75) is 69.9 Å². The van der Waals surface area contributed by atoms with Crippen LogP contribution in [0.4, 0.5) is 15.9 Å². The number of aryl methyl sites for hydroxylation is 1. The zero-order valence-electron chi connectivity index (χ0n) is 32.4. The largest absolute Gasteiger partial charge is 0.496 e. The number of piperidine rings is 2. The van der Waals surface area contributed by atoms with Crippen molar-refractivity contribution in [3.05, 3.63) is 100 Å². The summed E-state index contributed by atoms with van der Waals surface area (Å²) in [7, 11) is 1.53. The number of aromatic nitrogens is 2. The van der Waals surface area contributed by atoms with Crippen LogP contribution < -0.4 is 20.7 Å². The number of ketones is 1. The van der Waals surface area contributed by atoms with Gasteiger partial charge in [-0.15, -0.1) is 0 Å². The fourth-order valence-electron chi connectivity index (χ4n) is 7.80. The molecule has 2 fully saturated rings. The van der Waals surface area contributed by atoms with Crippen LogP contribution in [0.1, 0.15) is 76.8 Å². The average molecular weight is 824 g/mol. The van der Waals surface area contributed by atoms with E-state index in [9.17, 15) is 33.2 Å². The summed E-state index contributed by atoms with van der Waals surface area (Å²) >= 11 is 5.96. The number of ether oxygens (including phenoxy) is 1. The molecular weight excluding hydrogens is 781 g/mol. The van der Waals surface area contributed by atoms with Crippen LogP contribution in [0.15, 0.2) is 67.0 Å². The number of anilines is 2. The Balaban J connectivity index is 0.838. The standard InChI is InChI=1S/C43H43ClFN7O7/c1-59-36-23-34-31(40(47-24-46-34)49-28-11-12-33(45)32(44)22-28)21-26(36)20-29(53)8-5-17-51-18-15-27(16-19-51)48-37(54)10-3-2-6-25-7-4-9-30-39(25)43(58)52(42(30)57)35-13-14-38(55)50-41(35)56/h4-5,7-9,11-12,21-24,27,35H,2-3,6,10,13-20H2,1H3,(H,48,54)(H,46,47,49)(H,50,55,56)/b8-5+. The molecule has 3 N–H and O–H groups in total. The summed E-state index contributed by atoms with van der Waals surface area (Å²) in [5.74, 6) is -1.82. The summed E-state index contributed by atoms with van der Waals surface area (Å²) in [6.07, 6.45) is 8.66. The number of carbonyl (C=O) groups excluding carboxylic acids is 6. The van der Waals surface area contributed by atoms with Gasteiger partial charge in [-0.2, -0.15) is 0 Å². The quantitative estimate of drug-likeness (QED) is 0.0812. The third-order valence-electron chi connectivity index (χ3n) is 10.9. The lowest BCUT2D eigenvalue weighted by atomic mass is 9.98. The number of rotatable bonds is 15. The van der Waals surface area contributed by atoms with Crippen molar-refractivity contribution in [3.63, 3.8) is 0 Å². The summed E-state index contributed by atoms with van der Waals surface area (Å²) in [5.41, 5.74) is 3.04. The Bertz CT molecular complexity index is 2360. The number of hydrogen-bond acceptors (Lipinski definition) is 11. The van der Waals surface area contributed by atoms with E-state index in [1.807, 2.05) is 12.1 Å². The number of hydrogen-bond donors (Lipinski definition) is 3. The second kappa shape index (κ2) is 18.2. The maximum atomic E-state index is 13.7. The topological polar surface area (TPSA) is 180 Å². The molecule has 0 spiro atoms. The maximum absolute atomic E-state index is 13.7. The van der Waals surface area contributed by atoms with Crippen molar-refractivity contribution in [3.8, 4) is 5.75 Å². The normalized spacial score (nSPS) is 17.4. The van der Waals surface area contributed by atoms with Crippen LogP contribution in [0.25, 0.3) is 10.9 Å². The zero-order chi connectivity index (χ0) is 41.6. The first-order valence-corrected chi connectivity index (χ1v) is 19.9. The van der Waals surface area contributed by atoms with E-state index < -0.39 is 35.5 Å². The molecule has 1 atom stereocenters. The van der Waals surface area contributed by atoms with Gasteiger partial charge in [0.05, 0.1) is 28.8 Å². The molecule has 16 heteroatoms. The second-order valence-corrected chi connectivity index (χ2v) is 15.2. The van der Waals surface area contributed by atoms with Gasteiger partial charge in [0.15, 0.2) is 5.78 Å². The van der Waals surface area contributed by atoms with Crippen molar-refractivity contribution in [2.75, 3.05) is 32.1 Å². The minimum atomic E-state index is -1.02. The SMILES string of the molecule is COc1cc2ncnc(Nc3ccc(F)c(Cl)c3)c2cc1CC(=O)/C=C/CN1CCC(NC(=O)CCCCc2cccc3c2C(=O)N(C2CCC(=O)NC2=O)C3=O)CC1. The van der Waals surface area contributed by atoms with E-state index in [-0.39, 0.29) is 53.1 Å². The molecule has 3 aliphatic heterocycles. The minimum Gasteiger partial charge on any atom is -0.496 e. The molecule has 3 aliphatic rings. The van der Waals surface area contributed by atoms with Gasteiger partial charge in [-0.25, -0.2) is 14.4 Å². The Kier molecular flexibility index (Phi) is 12.7. The molecule has 4 heterocycles. The third kappa shape index (κ3) is 9.47. The summed E-state index contributed by atoms with van der Waals surface area (Å²) < 4.78 is 19.3. The summed E-state index contributed by atoms with van der Waals surface area (Å²) in [5, 5.41) is 9.13. The van der Waals surface area contributed by atoms with Crippen molar-refractivity contribution >= 4 is 69.3 Å². The number of nitrogens with zero attached hydrogens (tertiary/aromatic N) is 4. The van der Waals surface area contributed by atoms with Gasteiger partial charge >= 0.3 is 0 Å². The summed E-state index contributed by atoms with van der Waals surface area (Å²) in [6, 6.07) is 11.9. The Morgan fingerprint density at radius 1 is 1.00 bits per heavy atom. The lowest BCUT2D eigenvalue weighted by Crippen LogP contribution is -2.54. The van der Waals surface area contributed by atoms with Crippen molar-refractivity contribution < 1.29 is 37.9 Å². The number of unbranched alkanes of at least 4 members (excludes halogenated alkanes) is 1. The van der Waals surface area contributed by atoms with E-state index in [2.05, 4.69) is 30.8 Å². The van der Waals surface area contributed by atoms with Gasteiger partial charge in [0.1, 0.15) is 29.8 Å². The molecule has 4 aromatic rings. The highest BCUT2D eigenvalue weighted by Gasteiger charge is 2.45. The second-order valence-electron chi connectivity index (χ2n) is 14.8. The van der Waals surface area contributed by atoms with E-state index in [1.165, 1.54) is 25.6 Å². The van der Waals surface area contributed by atoms with Crippen LogP contribution in [0.5, 0.6) is 5.75 Å². The molecule has 1 aromatic heterocycles. The average Bonchev–Trinajstić information content (AvgIpc) is 3.47. The molecule has 14 nitrogen and oxygen atoms in total. The predicted octanol–water partition coefficient (Wildman–Crippen LogP) is 5.24. The first-order chi connectivity index (χ1) is 28.5. The molecule has 5 amide bonds. The molecule has 7 rings (SSSR count). The number of amides is 5. The van der Waals surface area contributed by atoms with E-state index in [4.69, 9.17) is 16.3 Å². The number of nitrogens with one attached hydrogen (secondary N) is 3. The zero-order valence-corrected chi connectivity index (χ0v) is 33.1. The monoisotopic (exact) mass is 823 g/mol. The van der Waals surface area contributed by atoms with Crippen LogP contribution in [0.3, 0.4) is 0 Å². The van der Waals surface area contributed by atoms with E-state index in [0.717, 1.165) is 30.8 Å². The van der Waals surface area contributed by atoms with E-state index in [1.54, 1.807) is 36.4 Å². The lowest BCUT2D eigenvalue weighted by molar-refractivity contribution is -0.136. The van der Waals surface area contributed by atoms with Crippen LogP contribution in [0.2, 0.25) is 5.02 Å². The maximum Gasteiger partial charge on any atom is 0.262 e. The van der Waals surface area contributed by atoms with E-state index in [0.29, 0.717) is 71.5 Å². The number of methoxy groups -OCH3 is 1. The van der Waals surface area contributed by atoms with Crippen molar-refractivity contribution in [1.29, 1.82) is 0 Å². The molecule has 306 valence electrons. The molecule has 1 unspecified atom stereocenters. The van der Waals surface area contributed by atoms with Gasteiger partial charge in [-0.05, 0) is 80.5 Å². The Morgan fingerprint density at radius 3 is 2.58 bits per heavy atom. The molecule has 2 saturated heterocycles. The van der Waals surface area contributed by atoms with Gasteiger partial charge in [-0.1, -0.05) is 29.8 Å². The Labute approximate surface area is 344 Å². The number of allylic oxidation sites excluding steroid dienone is 1. The van der Waals surface area contributed by atoms with Crippen molar-refractivity contribution in [1.82, 2.24) is 30.4 Å². The van der Waals surface area contributed by atoms with Crippen LogP contribution in [-0.4, -0.2) is 93.9 Å². The summed E-state index contributed by atoms with van der Waals surface area (Å²) in [4.78, 5) is 88.3. The number of likely N-dealkylation sites (tertiary alicyclic amines) is 1. The summed E-state index contributed by atoms with van der Waals surface area (Å²) in [6.45, 7) is 2.11. The van der Waals surface area contributed by atoms with Gasteiger partial charge in [0.25, 0.3) is 11.8 Å². The van der Waals surface area contributed by atoms with Crippen LogP contribution in [0, 0.1) is 5.82 Å². The van der Waals surface area contributed by atoms with E-state index >= 15 is 0 Å². The fourth-order valence-corrected chi connectivity index (χ4v) is 7.98. The third-order valence-corrected chi connectivity index (χ3v) is 11.1. The molecule has 0 radical (unpaired) electrons. The van der Waals surface area contributed by atoms with Crippen molar-refractivity contribution in [2.24, 2.45) is 0 Å². The molecular formula is C43H43ClFN7O7. The first-order valence-electron chi connectivity index (χ1n) is 19.6. The highest BCUT2D eigenvalue weighted by molar-refractivity contribution is 6.31. The minimum absolute atomic E-state index is 0.0248. The van der Waals surface area contributed by atoms with Crippen LogP contribution in [-0.2, 0) is 32.0 Å². The predicted molar refractivity (Wildman–Crippen MR) is 217 cm³/mol. The first kappa shape index (κ1) is 41.1. The molecule has 0 saturated carbocycles. The number of halogens is 2. The van der Waals surface area contributed by atoms with Gasteiger partial charge in [0, 0.05) is 67.6 Å². The number of carbonyl (C=O) groups is 6. The Hall–Kier alpha value is -6.06. The number of imide groups is 2. The highest BCUT2D eigenvalue weighted by atomic mass is 35.5. The molecule has 0 aliphatic carbocycles. The molecule has 0 bridgehead atoms. The van der Waals surface area contributed by atoms with Crippen LogP contribution >= 0.6 is 11.6 Å². The molecule has 3 aromatic carbocycles. The Morgan fingerprint density at radius 2 is 1.81 bits per heavy atom. The highest BCUT2D eigenvalue weighted by Crippen LogP contribution is 2.32. The number of fused-ring (bicyclic) bond motifs is 2. The smallest absolute Gasteiger partial charge is 0.262 e.